The van der Waals surface area contributed by atoms with E-state index in [1.54, 1.807) is 13.0 Å². The number of aryl methyl sites for hydroxylation is 1. The minimum atomic E-state index is -0.201. The molecule has 18 heavy (non-hydrogen) atoms. The molecule has 3 nitrogen and oxygen atoms in total. The molecule has 0 aliphatic heterocycles. The molecule has 0 saturated carbocycles. The van der Waals surface area contributed by atoms with Crippen LogP contribution >= 0.6 is 23.2 Å². The van der Waals surface area contributed by atoms with E-state index < -0.39 is 0 Å². The number of benzene rings is 1. The Morgan fingerprint density at radius 3 is 2.89 bits per heavy atom. The first-order valence-electron chi connectivity index (χ1n) is 5.71. The van der Waals surface area contributed by atoms with E-state index in [1.165, 1.54) is 0 Å². The number of carbonyl (C=O) groups excluding carboxylic acids is 1. The maximum Gasteiger partial charge on any atom is 0.307 e. The van der Waals surface area contributed by atoms with Crippen LogP contribution in [-0.4, -0.2) is 17.1 Å². The number of hydrogen-bond acceptors (Lipinski definition) is 2. The summed E-state index contributed by atoms with van der Waals surface area (Å²) < 4.78 is 6.84. The molecule has 0 aliphatic rings. The second-order valence-corrected chi connectivity index (χ2v) is 4.73. The van der Waals surface area contributed by atoms with Gasteiger partial charge in [0.05, 0.1) is 23.6 Å². The molecule has 5 heteroatoms. The van der Waals surface area contributed by atoms with E-state index in [1.807, 2.05) is 22.9 Å². The Balaban J connectivity index is 2.21. The first-order valence-corrected chi connectivity index (χ1v) is 6.47. The third-order valence-electron chi connectivity index (χ3n) is 2.67. The predicted octanol–water partition coefficient (Wildman–Crippen LogP) is 3.90. The van der Waals surface area contributed by atoms with E-state index in [2.05, 4.69) is 0 Å². The van der Waals surface area contributed by atoms with Gasteiger partial charge in [-0.3, -0.25) is 4.79 Å². The molecular weight excluding hydrogens is 273 g/mol. The minimum Gasteiger partial charge on any atom is -0.466 e. The van der Waals surface area contributed by atoms with Gasteiger partial charge in [0.15, 0.2) is 0 Å². The monoisotopic (exact) mass is 285 g/mol. The molecule has 1 aromatic heterocycles. The second kappa shape index (κ2) is 5.63. The van der Waals surface area contributed by atoms with Crippen LogP contribution in [0.5, 0.6) is 0 Å². The van der Waals surface area contributed by atoms with Crippen LogP contribution < -0.4 is 0 Å². The van der Waals surface area contributed by atoms with E-state index in [0.717, 1.165) is 10.9 Å². The summed E-state index contributed by atoms with van der Waals surface area (Å²) in [6, 6.07) is 5.47. The number of hydrogen-bond donors (Lipinski definition) is 0. The maximum atomic E-state index is 11.3. The lowest BCUT2D eigenvalue weighted by atomic mass is 10.2. The van der Waals surface area contributed by atoms with Crippen LogP contribution in [-0.2, 0) is 16.1 Å². The molecule has 0 N–H and O–H groups in total. The first-order chi connectivity index (χ1) is 8.61. The summed E-state index contributed by atoms with van der Waals surface area (Å²) in [5.41, 5.74) is 0.928. The van der Waals surface area contributed by atoms with Crippen LogP contribution in [0.1, 0.15) is 13.3 Å². The second-order valence-electron chi connectivity index (χ2n) is 3.88. The number of halogens is 2. The number of rotatable bonds is 4. The molecule has 0 spiro atoms. The third-order valence-corrected chi connectivity index (χ3v) is 3.20. The lowest BCUT2D eigenvalue weighted by Gasteiger charge is -2.06. The summed E-state index contributed by atoms with van der Waals surface area (Å²) in [7, 11) is 0. The molecule has 1 heterocycles. The quantitative estimate of drug-likeness (QED) is 0.798. The third kappa shape index (κ3) is 2.79. The van der Waals surface area contributed by atoms with Crippen molar-refractivity contribution in [2.75, 3.05) is 6.61 Å². The van der Waals surface area contributed by atoms with Crippen molar-refractivity contribution in [1.82, 2.24) is 4.57 Å². The molecule has 0 amide bonds. The fraction of sp³-hybridized carbons (Fsp3) is 0.308. The van der Waals surface area contributed by atoms with E-state index in [-0.39, 0.29) is 5.97 Å². The lowest BCUT2D eigenvalue weighted by Crippen LogP contribution is -2.08. The van der Waals surface area contributed by atoms with Crippen molar-refractivity contribution < 1.29 is 9.53 Å². The van der Waals surface area contributed by atoms with Gasteiger partial charge in [0.2, 0.25) is 0 Å². The number of carbonyl (C=O) groups is 1. The largest absolute Gasteiger partial charge is 0.466 e. The van der Waals surface area contributed by atoms with Crippen molar-refractivity contribution in [3.05, 3.63) is 34.4 Å². The van der Waals surface area contributed by atoms with E-state index in [4.69, 9.17) is 27.9 Å². The minimum absolute atomic E-state index is 0.201. The summed E-state index contributed by atoms with van der Waals surface area (Å²) in [5, 5.41) is 2.14. The Bertz CT molecular complexity index is 578. The molecule has 2 aromatic rings. The van der Waals surface area contributed by atoms with Crippen molar-refractivity contribution >= 4 is 40.1 Å². The topological polar surface area (TPSA) is 31.2 Å². The zero-order valence-electron chi connectivity index (χ0n) is 9.95. The SMILES string of the molecule is CCOC(=O)CCn1ccc2c(Cl)cc(Cl)cc21. The normalized spacial score (nSPS) is 10.8. The number of fused-ring (bicyclic) bond motifs is 1. The van der Waals surface area contributed by atoms with Crippen molar-refractivity contribution in [2.45, 2.75) is 19.9 Å². The van der Waals surface area contributed by atoms with E-state index in [0.29, 0.717) is 29.6 Å². The standard InChI is InChI=1S/C13H13Cl2NO2/c1-2-18-13(17)4-6-16-5-3-10-11(15)7-9(14)8-12(10)16/h3,5,7-8H,2,4,6H2,1H3. The zero-order chi connectivity index (χ0) is 13.1. The number of aromatic nitrogens is 1. The number of nitrogens with zero attached hydrogens (tertiary/aromatic N) is 1. The van der Waals surface area contributed by atoms with Gasteiger partial charge in [0.25, 0.3) is 0 Å². The average molecular weight is 286 g/mol. The lowest BCUT2D eigenvalue weighted by molar-refractivity contribution is -0.143. The van der Waals surface area contributed by atoms with Crippen molar-refractivity contribution in [1.29, 1.82) is 0 Å². The summed E-state index contributed by atoms with van der Waals surface area (Å²) in [6.45, 7) is 2.75. The van der Waals surface area contributed by atoms with Gasteiger partial charge in [-0.15, -0.1) is 0 Å². The summed E-state index contributed by atoms with van der Waals surface area (Å²) in [4.78, 5) is 11.3. The van der Waals surface area contributed by atoms with Gasteiger partial charge in [-0.1, -0.05) is 23.2 Å². The van der Waals surface area contributed by atoms with Crippen LogP contribution in [0.25, 0.3) is 10.9 Å². The molecule has 1 aromatic carbocycles. The Labute approximate surface area is 115 Å². The smallest absolute Gasteiger partial charge is 0.307 e. The fourth-order valence-corrected chi connectivity index (χ4v) is 2.40. The van der Waals surface area contributed by atoms with Crippen LogP contribution in [0.2, 0.25) is 10.0 Å². The number of ether oxygens (including phenoxy) is 1. The van der Waals surface area contributed by atoms with Crippen molar-refractivity contribution in [2.24, 2.45) is 0 Å². The van der Waals surface area contributed by atoms with Gasteiger partial charge in [-0.2, -0.15) is 0 Å². The molecular formula is C13H13Cl2NO2. The predicted molar refractivity (Wildman–Crippen MR) is 73.2 cm³/mol. The van der Waals surface area contributed by atoms with Crippen LogP contribution in [0.4, 0.5) is 0 Å². The fourth-order valence-electron chi connectivity index (χ4n) is 1.86. The Kier molecular flexibility index (Phi) is 4.15. The highest BCUT2D eigenvalue weighted by molar-refractivity contribution is 6.38. The summed E-state index contributed by atoms with van der Waals surface area (Å²) in [6.07, 6.45) is 2.23. The van der Waals surface area contributed by atoms with Gasteiger partial charge >= 0.3 is 5.97 Å². The molecule has 0 aliphatic carbocycles. The molecule has 0 unspecified atom stereocenters. The highest BCUT2D eigenvalue weighted by Gasteiger charge is 2.08. The van der Waals surface area contributed by atoms with E-state index >= 15 is 0 Å². The molecule has 0 saturated heterocycles. The molecule has 0 fully saturated rings. The highest BCUT2D eigenvalue weighted by atomic mass is 35.5. The average Bonchev–Trinajstić information content (AvgIpc) is 2.70. The summed E-state index contributed by atoms with van der Waals surface area (Å²) in [5.74, 6) is -0.201. The molecule has 96 valence electrons. The highest BCUT2D eigenvalue weighted by Crippen LogP contribution is 2.28. The molecule has 0 atom stereocenters. The van der Waals surface area contributed by atoms with Crippen LogP contribution in [0.15, 0.2) is 24.4 Å². The van der Waals surface area contributed by atoms with Crippen LogP contribution in [0, 0.1) is 0 Å². The van der Waals surface area contributed by atoms with Gasteiger partial charge in [-0.25, -0.2) is 0 Å². The molecule has 2 rings (SSSR count). The van der Waals surface area contributed by atoms with Gasteiger partial charge in [0.1, 0.15) is 0 Å². The number of esters is 1. The Morgan fingerprint density at radius 1 is 1.39 bits per heavy atom. The van der Waals surface area contributed by atoms with E-state index in [9.17, 15) is 4.79 Å². The van der Waals surface area contributed by atoms with Crippen molar-refractivity contribution in [3.63, 3.8) is 0 Å². The molecule has 0 bridgehead atoms. The van der Waals surface area contributed by atoms with Gasteiger partial charge in [0, 0.05) is 23.2 Å². The Hall–Kier alpha value is -1.19. The molecule has 0 radical (unpaired) electrons. The summed E-state index contributed by atoms with van der Waals surface area (Å²) >= 11 is 12.1. The van der Waals surface area contributed by atoms with Gasteiger partial charge < -0.3 is 9.30 Å². The van der Waals surface area contributed by atoms with Gasteiger partial charge in [-0.05, 0) is 25.1 Å². The maximum absolute atomic E-state index is 11.3. The van der Waals surface area contributed by atoms with Crippen LogP contribution in [0.3, 0.4) is 0 Å². The van der Waals surface area contributed by atoms with Crippen molar-refractivity contribution in [3.8, 4) is 0 Å². The Morgan fingerprint density at radius 2 is 2.17 bits per heavy atom. The first kappa shape index (κ1) is 13.2. The zero-order valence-corrected chi connectivity index (χ0v) is 11.5.